The normalized spacial score (nSPS) is 28.6. The molecule has 0 spiro atoms. The lowest BCUT2D eigenvalue weighted by atomic mass is 10.0. The summed E-state index contributed by atoms with van der Waals surface area (Å²) in [5, 5.41) is 4.70. The zero-order valence-corrected chi connectivity index (χ0v) is 30.2. The Morgan fingerprint density at radius 3 is 2.31 bits per heavy atom. The summed E-state index contributed by atoms with van der Waals surface area (Å²) in [6.07, 6.45) is 4.48. The van der Waals surface area contributed by atoms with E-state index in [0.717, 1.165) is 23.5 Å². The Labute approximate surface area is 301 Å². The van der Waals surface area contributed by atoms with E-state index in [1.165, 1.54) is 4.90 Å². The quantitative estimate of drug-likeness (QED) is 0.381. The predicted molar refractivity (Wildman–Crippen MR) is 180 cm³/mol. The van der Waals surface area contributed by atoms with Gasteiger partial charge in [0.25, 0.3) is 5.91 Å². The molecule has 284 valence electrons. The van der Waals surface area contributed by atoms with Crippen LogP contribution in [0.1, 0.15) is 89.7 Å². The molecular weight excluding hydrogens is 704 g/mol. The van der Waals surface area contributed by atoms with E-state index in [-0.39, 0.29) is 50.0 Å². The van der Waals surface area contributed by atoms with E-state index in [1.54, 1.807) is 26.8 Å². The van der Waals surface area contributed by atoms with Gasteiger partial charge in [0.05, 0.1) is 24.9 Å². The molecule has 3 aliphatic heterocycles. The summed E-state index contributed by atoms with van der Waals surface area (Å²) in [5.41, 5.74) is -2.40. The van der Waals surface area contributed by atoms with Gasteiger partial charge in [0.1, 0.15) is 41.0 Å². The molecule has 2 aliphatic carbocycles. The van der Waals surface area contributed by atoms with E-state index in [1.807, 2.05) is 6.08 Å². The lowest BCUT2D eigenvalue weighted by Gasteiger charge is -2.30. The number of fused-ring (bicyclic) bond motifs is 3. The molecule has 17 heteroatoms. The highest BCUT2D eigenvalue weighted by Gasteiger charge is 2.62. The number of nitrogens with zero attached hydrogens (tertiary/aromatic N) is 2. The number of ether oxygens (including phenoxy) is 2. The molecule has 52 heavy (non-hydrogen) atoms. The molecule has 5 atom stereocenters. The first kappa shape index (κ1) is 37.5. The largest absolute Gasteiger partial charge is 0.444 e. The number of nitrogens with one attached hydrogen (secondary N) is 3. The van der Waals surface area contributed by atoms with Crippen molar-refractivity contribution in [3.05, 3.63) is 47.0 Å². The van der Waals surface area contributed by atoms with E-state index < -0.39 is 92.1 Å². The number of carbonyl (C=O) groups is 5. The van der Waals surface area contributed by atoms with Gasteiger partial charge in [-0.05, 0) is 71.4 Å². The Morgan fingerprint density at radius 2 is 1.67 bits per heavy atom. The number of sulfonamides is 1. The third-order valence-electron chi connectivity index (χ3n) is 10.1. The van der Waals surface area contributed by atoms with Gasteiger partial charge in [-0.2, -0.15) is 0 Å². The topological polar surface area (TPSA) is 181 Å². The van der Waals surface area contributed by atoms with E-state index in [9.17, 15) is 41.2 Å². The number of halogens is 2. The Kier molecular flexibility index (Phi) is 10.3. The summed E-state index contributed by atoms with van der Waals surface area (Å²) >= 11 is 0. The van der Waals surface area contributed by atoms with Crippen LogP contribution < -0.4 is 15.4 Å². The summed E-state index contributed by atoms with van der Waals surface area (Å²) < 4.78 is 67.6. The third kappa shape index (κ3) is 8.18. The van der Waals surface area contributed by atoms with Gasteiger partial charge >= 0.3 is 12.2 Å². The van der Waals surface area contributed by atoms with Crippen molar-refractivity contribution in [3.8, 4) is 0 Å². The summed E-state index contributed by atoms with van der Waals surface area (Å²) in [5.74, 6) is -4.12. The van der Waals surface area contributed by atoms with Gasteiger partial charge in [-0.15, -0.1) is 0 Å². The molecule has 1 aromatic rings. The van der Waals surface area contributed by atoms with Crippen LogP contribution in [0.15, 0.2) is 24.3 Å². The molecule has 1 unspecified atom stereocenters. The predicted octanol–water partition coefficient (Wildman–Crippen LogP) is 3.28. The molecule has 3 heterocycles. The maximum absolute atomic E-state index is 14.4. The maximum Gasteiger partial charge on any atom is 0.410 e. The second-order valence-corrected chi connectivity index (χ2v) is 17.3. The molecule has 1 aromatic carbocycles. The van der Waals surface area contributed by atoms with Gasteiger partial charge < -0.3 is 25.0 Å². The second kappa shape index (κ2) is 14.3. The molecule has 0 bridgehead atoms. The van der Waals surface area contributed by atoms with Crippen LogP contribution in [0, 0.1) is 17.6 Å². The summed E-state index contributed by atoms with van der Waals surface area (Å²) in [6, 6.07) is -0.453. The zero-order valence-electron chi connectivity index (χ0n) is 29.4. The lowest BCUT2D eigenvalue weighted by molar-refractivity contribution is -0.141. The van der Waals surface area contributed by atoms with Crippen LogP contribution in [0.2, 0.25) is 0 Å². The fourth-order valence-electron chi connectivity index (χ4n) is 7.06. The van der Waals surface area contributed by atoms with Gasteiger partial charge in [-0.3, -0.25) is 24.0 Å². The maximum atomic E-state index is 14.4. The molecule has 1 saturated heterocycles. The van der Waals surface area contributed by atoms with E-state index >= 15 is 0 Å². The van der Waals surface area contributed by atoms with Gasteiger partial charge in [0.15, 0.2) is 0 Å². The highest BCUT2D eigenvalue weighted by Crippen LogP contribution is 2.46. The monoisotopic (exact) mass is 749 g/mol. The van der Waals surface area contributed by atoms with Gasteiger partial charge in [0.2, 0.25) is 21.8 Å². The molecule has 14 nitrogen and oxygen atoms in total. The van der Waals surface area contributed by atoms with Crippen molar-refractivity contribution in [1.82, 2.24) is 25.2 Å². The second-order valence-electron chi connectivity index (χ2n) is 15.3. The zero-order chi connectivity index (χ0) is 37.6. The Balaban J connectivity index is 1.25. The summed E-state index contributed by atoms with van der Waals surface area (Å²) in [6.45, 7) is 4.27. The minimum atomic E-state index is -3.95. The van der Waals surface area contributed by atoms with Crippen LogP contribution in [0.5, 0.6) is 0 Å². The molecular formula is C35H45F2N5O9S. The van der Waals surface area contributed by atoms with Crippen LogP contribution in [0.25, 0.3) is 0 Å². The molecule has 5 amide bonds. The Morgan fingerprint density at radius 1 is 1.00 bits per heavy atom. The van der Waals surface area contributed by atoms with Crippen LogP contribution in [0.4, 0.5) is 18.4 Å². The SMILES string of the molecule is CC(C)(C)OC(=O)N[C@H]1CCCCC/C=C\[C@H]2C[C@@]2(C(=O)NS(=O)(=O)C2CC2)NC(=O)C2C[C@@H](OC(=O)N3Cc4c(F)ccc(F)c4C3)CN2C1=O. The summed E-state index contributed by atoms with van der Waals surface area (Å²) in [4.78, 5) is 70.5. The number of rotatable bonds is 5. The van der Waals surface area contributed by atoms with Crippen molar-refractivity contribution < 1.29 is 50.6 Å². The highest BCUT2D eigenvalue weighted by molar-refractivity contribution is 7.91. The average molecular weight is 750 g/mol. The highest BCUT2D eigenvalue weighted by atomic mass is 32.2. The van der Waals surface area contributed by atoms with Gasteiger partial charge in [-0.25, -0.2) is 26.8 Å². The number of benzene rings is 1. The molecule has 0 aromatic heterocycles. The fraction of sp³-hybridized carbons (Fsp3) is 0.629. The minimum Gasteiger partial charge on any atom is -0.444 e. The number of hydrogen-bond donors (Lipinski definition) is 3. The fourth-order valence-corrected chi connectivity index (χ4v) is 8.42. The molecule has 3 N–H and O–H groups in total. The smallest absolute Gasteiger partial charge is 0.410 e. The minimum absolute atomic E-state index is 0.0296. The van der Waals surface area contributed by atoms with Crippen LogP contribution in [0.3, 0.4) is 0 Å². The first-order valence-corrected chi connectivity index (χ1v) is 19.3. The summed E-state index contributed by atoms with van der Waals surface area (Å²) in [7, 11) is -3.95. The van der Waals surface area contributed by atoms with E-state index in [2.05, 4.69) is 15.4 Å². The van der Waals surface area contributed by atoms with Crippen molar-refractivity contribution in [2.45, 2.75) is 126 Å². The van der Waals surface area contributed by atoms with E-state index in [4.69, 9.17) is 9.47 Å². The van der Waals surface area contributed by atoms with Crippen LogP contribution >= 0.6 is 0 Å². The first-order valence-electron chi connectivity index (χ1n) is 17.7. The van der Waals surface area contributed by atoms with Crippen LogP contribution in [-0.2, 0) is 47.0 Å². The van der Waals surface area contributed by atoms with Gasteiger partial charge in [-0.1, -0.05) is 25.0 Å². The molecule has 2 saturated carbocycles. The molecule has 3 fully saturated rings. The Hall–Kier alpha value is -4.28. The molecule has 0 radical (unpaired) electrons. The number of allylic oxidation sites excluding steroid dienone is 1. The van der Waals surface area contributed by atoms with Crippen molar-refractivity contribution in [3.63, 3.8) is 0 Å². The van der Waals surface area contributed by atoms with Crippen molar-refractivity contribution >= 4 is 39.9 Å². The van der Waals surface area contributed by atoms with Crippen molar-refractivity contribution in [1.29, 1.82) is 0 Å². The number of alkyl carbamates (subject to hydrolysis) is 1. The first-order chi connectivity index (χ1) is 24.5. The number of carbonyl (C=O) groups excluding carboxylic acids is 5. The number of amides is 5. The number of hydrogen-bond acceptors (Lipinski definition) is 9. The van der Waals surface area contributed by atoms with Crippen LogP contribution in [-0.4, -0.2) is 89.2 Å². The molecule has 5 aliphatic rings. The Bertz CT molecular complexity index is 1750. The van der Waals surface area contributed by atoms with E-state index in [0.29, 0.717) is 32.1 Å². The third-order valence-corrected chi connectivity index (χ3v) is 11.9. The standard InChI is InChI=1S/C35H45F2N5O9S/c1-34(2,3)51-32(46)38-27-10-8-6-4-5-7-9-20-16-35(20,31(45)40-52(48,49)22-11-12-22)39-29(43)28-15-21(17-42(28)30(27)44)50-33(47)41-18-23-24(19-41)26(37)14-13-25(23)36/h7,9,13-14,20-22,27-28H,4-6,8,10-12,15-19H2,1-3H3,(H,38,46)(H,39,43)(H,40,45)/b9-7-/t20-,21+,27-,28?,35+/m0/s1. The van der Waals surface area contributed by atoms with Crippen molar-refractivity contribution in [2.24, 2.45) is 5.92 Å². The lowest BCUT2D eigenvalue weighted by Crippen LogP contribution is -2.58. The van der Waals surface area contributed by atoms with Gasteiger partial charge in [0, 0.05) is 23.5 Å². The average Bonchev–Trinajstić information content (AvgIpc) is 3.94. The van der Waals surface area contributed by atoms with Crippen molar-refractivity contribution in [2.75, 3.05) is 6.54 Å². The molecule has 6 rings (SSSR count).